The zero-order valence-corrected chi connectivity index (χ0v) is 17.2. The molecule has 2 aliphatic carbocycles. The summed E-state index contributed by atoms with van der Waals surface area (Å²) in [6.45, 7) is 0. The van der Waals surface area contributed by atoms with Gasteiger partial charge in [0, 0.05) is 17.1 Å². The van der Waals surface area contributed by atoms with Gasteiger partial charge in [0.2, 0.25) is 17.7 Å². The number of carbonyl (C=O) groups is 3. The second kappa shape index (κ2) is 7.55. The number of anilines is 1. The monoisotopic (exact) mass is 422 g/mol. The van der Waals surface area contributed by atoms with Crippen molar-refractivity contribution >= 4 is 35.0 Å². The number of halogens is 1. The van der Waals surface area contributed by atoms with E-state index in [1.807, 2.05) is 30.3 Å². The molecule has 1 saturated heterocycles. The van der Waals surface area contributed by atoms with Crippen LogP contribution in [0.3, 0.4) is 0 Å². The summed E-state index contributed by atoms with van der Waals surface area (Å²) in [5.74, 6) is -0.611. The second-order valence-electron chi connectivity index (χ2n) is 8.64. The maximum absolute atomic E-state index is 13.3. The Labute approximate surface area is 180 Å². The molecule has 2 bridgehead atoms. The van der Waals surface area contributed by atoms with E-state index in [2.05, 4.69) is 5.32 Å². The topological polar surface area (TPSA) is 66.5 Å². The molecule has 1 aliphatic heterocycles. The normalized spacial score (nSPS) is 28.0. The Kier molecular flexibility index (Phi) is 4.86. The van der Waals surface area contributed by atoms with Crippen molar-refractivity contribution in [2.24, 2.45) is 23.7 Å². The fourth-order valence-electron chi connectivity index (χ4n) is 5.67. The van der Waals surface area contributed by atoms with Crippen LogP contribution in [0.5, 0.6) is 0 Å². The van der Waals surface area contributed by atoms with Gasteiger partial charge >= 0.3 is 0 Å². The predicted octanol–water partition coefficient (Wildman–Crippen LogP) is 3.92. The van der Waals surface area contributed by atoms with Crippen LogP contribution in [0.2, 0.25) is 5.02 Å². The van der Waals surface area contributed by atoms with Crippen LogP contribution in [-0.4, -0.2) is 28.7 Å². The number of amides is 3. The first-order valence-electron chi connectivity index (χ1n) is 10.5. The lowest BCUT2D eigenvalue weighted by molar-refractivity contribution is -0.147. The van der Waals surface area contributed by atoms with E-state index in [0.29, 0.717) is 17.1 Å². The molecule has 0 spiro atoms. The number of nitrogens with one attached hydrogen (secondary N) is 1. The fourth-order valence-corrected chi connectivity index (χ4v) is 5.86. The molecule has 3 fully saturated rings. The summed E-state index contributed by atoms with van der Waals surface area (Å²) < 4.78 is 0. The first-order chi connectivity index (χ1) is 14.5. The number of carbonyl (C=O) groups excluding carboxylic acids is 3. The highest BCUT2D eigenvalue weighted by molar-refractivity contribution is 6.30. The van der Waals surface area contributed by atoms with Crippen molar-refractivity contribution in [2.75, 3.05) is 5.32 Å². The van der Waals surface area contributed by atoms with Crippen molar-refractivity contribution in [1.82, 2.24) is 4.90 Å². The van der Waals surface area contributed by atoms with E-state index in [9.17, 15) is 14.4 Å². The summed E-state index contributed by atoms with van der Waals surface area (Å²) in [6.07, 6.45) is 3.28. The van der Waals surface area contributed by atoms with Crippen molar-refractivity contribution in [1.29, 1.82) is 0 Å². The number of fused-ring (bicyclic) bond motifs is 5. The van der Waals surface area contributed by atoms with Gasteiger partial charge in [-0.2, -0.15) is 0 Å². The minimum absolute atomic E-state index is 0.167. The van der Waals surface area contributed by atoms with E-state index in [-0.39, 0.29) is 41.4 Å². The maximum atomic E-state index is 13.3. The lowest BCUT2D eigenvalue weighted by atomic mass is 9.81. The van der Waals surface area contributed by atoms with Gasteiger partial charge in [-0.1, -0.05) is 48.0 Å². The molecule has 5 nitrogen and oxygen atoms in total. The molecule has 3 aliphatic rings. The highest BCUT2D eigenvalue weighted by Gasteiger charge is 2.62. The van der Waals surface area contributed by atoms with Gasteiger partial charge in [0.05, 0.1) is 11.8 Å². The number of nitrogens with zero attached hydrogens (tertiary/aromatic N) is 1. The van der Waals surface area contributed by atoms with Gasteiger partial charge in [-0.3, -0.25) is 19.3 Å². The molecular formula is C24H23ClN2O3. The van der Waals surface area contributed by atoms with E-state index in [1.54, 1.807) is 24.3 Å². The van der Waals surface area contributed by atoms with Crippen molar-refractivity contribution in [3.8, 4) is 0 Å². The molecule has 0 unspecified atom stereocenters. The molecule has 5 rings (SSSR count). The van der Waals surface area contributed by atoms with Gasteiger partial charge in [0.1, 0.15) is 6.04 Å². The largest absolute Gasteiger partial charge is 0.324 e. The molecule has 2 saturated carbocycles. The highest BCUT2D eigenvalue weighted by atomic mass is 35.5. The third-order valence-corrected chi connectivity index (χ3v) is 7.18. The molecular weight excluding hydrogens is 400 g/mol. The van der Waals surface area contributed by atoms with Crippen LogP contribution in [0.15, 0.2) is 54.6 Å². The summed E-state index contributed by atoms with van der Waals surface area (Å²) in [7, 11) is 0. The zero-order chi connectivity index (χ0) is 20.8. The van der Waals surface area contributed by atoms with Crippen LogP contribution >= 0.6 is 11.6 Å². The lowest BCUT2D eigenvalue weighted by Crippen LogP contribution is -2.49. The van der Waals surface area contributed by atoms with Gasteiger partial charge in [-0.15, -0.1) is 0 Å². The first-order valence-corrected chi connectivity index (χ1v) is 10.9. The lowest BCUT2D eigenvalue weighted by Gasteiger charge is -2.27. The molecule has 154 valence electrons. The Bertz CT molecular complexity index is 981. The van der Waals surface area contributed by atoms with Gasteiger partial charge in [-0.25, -0.2) is 0 Å². The van der Waals surface area contributed by atoms with E-state index >= 15 is 0 Å². The minimum atomic E-state index is -0.878. The van der Waals surface area contributed by atoms with Crippen molar-refractivity contribution in [3.05, 3.63) is 65.2 Å². The quantitative estimate of drug-likeness (QED) is 0.742. The van der Waals surface area contributed by atoms with Crippen LogP contribution in [-0.2, 0) is 20.8 Å². The van der Waals surface area contributed by atoms with Crippen molar-refractivity contribution < 1.29 is 14.4 Å². The Morgan fingerprint density at radius 2 is 1.67 bits per heavy atom. The summed E-state index contributed by atoms with van der Waals surface area (Å²) in [4.78, 5) is 41.2. The number of likely N-dealkylation sites (tertiary alicyclic amines) is 1. The first kappa shape index (κ1) is 19.3. The molecule has 2 aromatic rings. The van der Waals surface area contributed by atoms with Gasteiger partial charge < -0.3 is 5.32 Å². The van der Waals surface area contributed by atoms with Crippen LogP contribution < -0.4 is 5.32 Å². The molecule has 30 heavy (non-hydrogen) atoms. The summed E-state index contributed by atoms with van der Waals surface area (Å²) in [6, 6.07) is 15.5. The second-order valence-corrected chi connectivity index (χ2v) is 9.07. The van der Waals surface area contributed by atoms with Crippen molar-refractivity contribution in [3.63, 3.8) is 0 Å². The average Bonchev–Trinajstić information content (AvgIpc) is 3.41. The van der Waals surface area contributed by atoms with Gasteiger partial charge in [0.15, 0.2) is 0 Å². The molecule has 1 N–H and O–H groups in total. The highest BCUT2D eigenvalue weighted by Crippen LogP contribution is 2.56. The maximum Gasteiger partial charge on any atom is 0.248 e. The predicted molar refractivity (Wildman–Crippen MR) is 114 cm³/mol. The average molecular weight is 423 g/mol. The summed E-state index contributed by atoms with van der Waals surface area (Å²) in [5, 5.41) is 3.36. The van der Waals surface area contributed by atoms with Crippen molar-refractivity contribution in [2.45, 2.75) is 31.7 Å². The summed E-state index contributed by atoms with van der Waals surface area (Å²) >= 11 is 6.04. The number of hydrogen-bond donors (Lipinski definition) is 1. The van der Waals surface area contributed by atoms with E-state index in [4.69, 9.17) is 11.6 Å². The molecule has 1 heterocycles. The SMILES string of the molecule is O=C(Nc1cccc(Cl)c1)[C@H](Cc1ccccc1)N1C(=O)[C@@H]2[C@H]3CC[C@@H](C3)[C@H]2C1=O. The zero-order valence-electron chi connectivity index (χ0n) is 16.5. The van der Waals surface area contributed by atoms with Crippen LogP contribution in [0.1, 0.15) is 24.8 Å². The molecule has 2 aromatic carbocycles. The Morgan fingerprint density at radius 1 is 1.00 bits per heavy atom. The number of imide groups is 1. The third-order valence-electron chi connectivity index (χ3n) is 6.94. The molecule has 0 radical (unpaired) electrons. The van der Waals surface area contributed by atoms with E-state index < -0.39 is 6.04 Å². The molecule has 6 heteroatoms. The van der Waals surface area contributed by atoms with Gasteiger partial charge in [0.25, 0.3) is 0 Å². The van der Waals surface area contributed by atoms with Crippen LogP contribution in [0.25, 0.3) is 0 Å². The molecule has 0 aromatic heterocycles. The number of benzene rings is 2. The van der Waals surface area contributed by atoms with Crippen LogP contribution in [0, 0.1) is 23.7 Å². The third kappa shape index (κ3) is 3.21. The molecule has 3 amide bonds. The van der Waals surface area contributed by atoms with Gasteiger partial charge in [-0.05, 0) is 54.9 Å². The van der Waals surface area contributed by atoms with E-state index in [1.165, 1.54) is 4.90 Å². The smallest absolute Gasteiger partial charge is 0.248 e. The minimum Gasteiger partial charge on any atom is -0.324 e. The fraction of sp³-hybridized carbons (Fsp3) is 0.375. The standard InChI is InChI=1S/C24H23ClN2O3/c25-17-7-4-8-18(13-17)26-22(28)19(11-14-5-2-1-3-6-14)27-23(29)20-15-9-10-16(12-15)21(20)24(27)30/h1-8,13,15-16,19-21H,9-12H2,(H,26,28)/t15-,16-,19-,20+,21+/m0/s1. The summed E-state index contributed by atoms with van der Waals surface area (Å²) in [5.41, 5.74) is 1.45. The number of hydrogen-bond acceptors (Lipinski definition) is 3. The van der Waals surface area contributed by atoms with Crippen LogP contribution in [0.4, 0.5) is 5.69 Å². The Hall–Kier alpha value is -2.66. The number of rotatable bonds is 5. The molecule has 5 atom stereocenters. The van der Waals surface area contributed by atoms with E-state index in [0.717, 1.165) is 24.8 Å². The Morgan fingerprint density at radius 3 is 2.30 bits per heavy atom. The Balaban J connectivity index is 1.46.